The zero-order valence-electron chi connectivity index (χ0n) is 15.5. The molecule has 29 heavy (non-hydrogen) atoms. The number of ketones is 1. The number of benzene rings is 2. The highest BCUT2D eigenvalue weighted by Gasteiger charge is 2.46. The van der Waals surface area contributed by atoms with Crippen LogP contribution in [0.2, 0.25) is 6.55 Å². The molecule has 2 aromatic carbocycles. The number of aliphatic imine (C=N–C) groups is 1. The van der Waals surface area contributed by atoms with Gasteiger partial charge in [-0.05, 0) is 80.6 Å². The molecule has 0 radical (unpaired) electrons. The van der Waals surface area contributed by atoms with Crippen molar-refractivity contribution in [2.75, 3.05) is 0 Å². The Morgan fingerprint density at radius 3 is 2.55 bits per heavy atom. The number of phenols is 1. The molecule has 2 heterocycles. The molecular weight excluding hydrogens is 509 g/mol. The molecule has 142 valence electrons. The number of aromatic hydroxyl groups is 1. The minimum Gasteiger partial charge on any atom is -0.508 e. The van der Waals surface area contributed by atoms with Crippen LogP contribution in [0.5, 0.6) is 5.75 Å². The average molecular weight is 525 g/mol. The van der Waals surface area contributed by atoms with Crippen LogP contribution in [-0.4, -0.2) is 24.7 Å². The molecule has 1 N–H and O–H groups in total. The number of rotatable bonds is 2. The molecule has 1 unspecified atom stereocenters. The van der Waals surface area contributed by atoms with Gasteiger partial charge >= 0.3 is 0 Å². The van der Waals surface area contributed by atoms with Crippen LogP contribution in [-0.2, 0) is 4.79 Å². The van der Waals surface area contributed by atoms with Crippen molar-refractivity contribution in [1.82, 2.24) is 0 Å². The van der Waals surface area contributed by atoms with Gasteiger partial charge in [0.25, 0.3) is 0 Å². The molecule has 2 aliphatic rings. The normalized spacial score (nSPS) is 20.3. The van der Waals surface area contributed by atoms with Gasteiger partial charge in [-0.3, -0.25) is 4.79 Å². The summed E-state index contributed by atoms with van der Waals surface area (Å²) in [5, 5.41) is 13.5. The summed E-state index contributed by atoms with van der Waals surface area (Å²) in [6, 6.07) is 19.8. The average Bonchev–Trinajstić information content (AvgIpc) is 3.15. The Balaban J connectivity index is 1.92. The number of halogens is 1. The van der Waals surface area contributed by atoms with Crippen LogP contribution in [0.25, 0.3) is 5.57 Å². The minimum atomic E-state index is -2.58. The number of carbonyl (C=O) groups excluding carboxylic acids is 1. The van der Waals surface area contributed by atoms with E-state index in [1.165, 1.54) is 5.19 Å². The fourth-order valence-corrected chi connectivity index (χ4v) is 10.2. The lowest BCUT2D eigenvalue weighted by Crippen LogP contribution is -2.61. The zero-order chi connectivity index (χ0) is 20.2. The van der Waals surface area contributed by atoms with Gasteiger partial charge in [0.1, 0.15) is 5.75 Å². The van der Waals surface area contributed by atoms with Gasteiger partial charge in [-0.2, -0.15) is 0 Å². The molecule has 5 rings (SSSR count). The van der Waals surface area contributed by atoms with E-state index in [9.17, 15) is 9.90 Å². The standard InChI is InChI=1S/C23H16INO2SSi/c1-29(15-5-3-2-4-6-15)20-13-14(26)7-8-16(20)25-17-9-10-18(27)22(23(17)29)19-11-12-21(24)28-19/h2-13,26H,1H3. The van der Waals surface area contributed by atoms with E-state index < -0.39 is 8.07 Å². The van der Waals surface area contributed by atoms with Crippen molar-refractivity contribution in [2.45, 2.75) is 6.55 Å². The van der Waals surface area contributed by atoms with Gasteiger partial charge in [0, 0.05) is 10.5 Å². The van der Waals surface area contributed by atoms with Crippen LogP contribution in [0.4, 0.5) is 5.69 Å². The summed E-state index contributed by atoms with van der Waals surface area (Å²) < 4.78 is 1.14. The number of nitrogens with zero attached hydrogens (tertiary/aromatic N) is 1. The minimum absolute atomic E-state index is 0.0236. The lowest BCUT2D eigenvalue weighted by atomic mass is 10.0. The maximum absolute atomic E-state index is 13.1. The van der Waals surface area contributed by atoms with Crippen LogP contribution >= 0.6 is 33.9 Å². The maximum atomic E-state index is 13.1. The number of allylic oxidation sites excluding steroid dienone is 4. The van der Waals surface area contributed by atoms with E-state index in [4.69, 9.17) is 4.99 Å². The predicted octanol–water partition coefficient (Wildman–Crippen LogP) is 4.47. The van der Waals surface area contributed by atoms with Crippen LogP contribution in [0.3, 0.4) is 0 Å². The maximum Gasteiger partial charge on any atom is 0.187 e. The SMILES string of the molecule is C[Si]1(c2ccccc2)C2=C(c3ccc(I)s3)C(=O)C=CC2=Nc2ccc(O)cc21. The van der Waals surface area contributed by atoms with Gasteiger partial charge in [0.05, 0.1) is 14.3 Å². The van der Waals surface area contributed by atoms with Crippen LogP contribution in [0, 0.1) is 2.88 Å². The molecule has 0 spiro atoms. The monoisotopic (exact) mass is 525 g/mol. The van der Waals surface area contributed by atoms with Gasteiger partial charge in [0.2, 0.25) is 0 Å². The lowest BCUT2D eigenvalue weighted by Gasteiger charge is -2.38. The van der Waals surface area contributed by atoms with E-state index in [2.05, 4.69) is 41.3 Å². The highest BCUT2D eigenvalue weighted by Crippen LogP contribution is 2.39. The summed E-state index contributed by atoms with van der Waals surface area (Å²) in [6.07, 6.45) is 3.49. The fourth-order valence-electron chi connectivity index (χ4n) is 4.22. The topological polar surface area (TPSA) is 49.7 Å². The zero-order valence-corrected chi connectivity index (χ0v) is 19.5. The molecule has 3 nitrogen and oxygen atoms in total. The van der Waals surface area contributed by atoms with E-state index in [0.29, 0.717) is 0 Å². The van der Waals surface area contributed by atoms with Crippen molar-refractivity contribution in [3.05, 3.63) is 85.8 Å². The first-order valence-corrected chi connectivity index (χ1v) is 13.6. The molecule has 1 aromatic heterocycles. The van der Waals surface area contributed by atoms with Crippen molar-refractivity contribution in [1.29, 1.82) is 0 Å². The quantitative estimate of drug-likeness (QED) is 0.305. The summed E-state index contributed by atoms with van der Waals surface area (Å²) in [5.41, 5.74) is 2.49. The molecule has 3 aromatic rings. The first kappa shape index (κ1) is 18.7. The first-order chi connectivity index (χ1) is 14.0. The van der Waals surface area contributed by atoms with Gasteiger partial charge < -0.3 is 5.11 Å². The van der Waals surface area contributed by atoms with Crippen molar-refractivity contribution in [2.24, 2.45) is 4.99 Å². The molecule has 0 fully saturated rings. The third kappa shape index (κ3) is 2.89. The summed E-state index contributed by atoms with van der Waals surface area (Å²) in [5.74, 6) is 0.248. The first-order valence-electron chi connectivity index (χ1n) is 9.19. The van der Waals surface area contributed by atoms with Crippen molar-refractivity contribution in [3.8, 4) is 5.75 Å². The number of hydrogen-bond donors (Lipinski definition) is 1. The summed E-state index contributed by atoms with van der Waals surface area (Å²) in [4.78, 5) is 19.0. The number of fused-ring (bicyclic) bond motifs is 2. The Labute approximate surface area is 187 Å². The molecule has 0 saturated heterocycles. The molecule has 1 aliphatic heterocycles. The Kier molecular flexibility index (Phi) is 4.45. The fraction of sp³-hybridized carbons (Fsp3) is 0.0435. The number of thiophene rings is 1. The molecule has 0 bridgehead atoms. The highest BCUT2D eigenvalue weighted by molar-refractivity contribution is 14.1. The lowest BCUT2D eigenvalue weighted by molar-refractivity contribution is -0.109. The van der Waals surface area contributed by atoms with E-state index in [0.717, 1.165) is 35.1 Å². The molecule has 1 aliphatic carbocycles. The van der Waals surface area contributed by atoms with E-state index in [1.807, 2.05) is 48.5 Å². The number of carbonyl (C=O) groups is 1. The van der Waals surface area contributed by atoms with Gasteiger partial charge in [-0.1, -0.05) is 36.9 Å². The van der Waals surface area contributed by atoms with E-state index in [-0.39, 0.29) is 11.5 Å². The van der Waals surface area contributed by atoms with E-state index in [1.54, 1.807) is 23.5 Å². The highest BCUT2D eigenvalue weighted by atomic mass is 127. The van der Waals surface area contributed by atoms with Crippen molar-refractivity contribution >= 4 is 75.1 Å². The number of phenolic OH excluding ortho intramolecular Hbond substituents is 1. The second kappa shape index (κ2) is 6.89. The summed E-state index contributed by atoms with van der Waals surface area (Å²) in [7, 11) is -2.58. The Morgan fingerprint density at radius 1 is 1.03 bits per heavy atom. The van der Waals surface area contributed by atoms with Gasteiger partial charge in [0.15, 0.2) is 13.9 Å². The molecule has 0 saturated carbocycles. The second-order valence-corrected chi connectivity index (χ2v) is 14.1. The van der Waals surface area contributed by atoms with Crippen LogP contribution in [0.1, 0.15) is 4.88 Å². The van der Waals surface area contributed by atoms with Crippen LogP contribution in [0.15, 0.2) is 83.0 Å². The smallest absolute Gasteiger partial charge is 0.187 e. The predicted molar refractivity (Wildman–Crippen MR) is 131 cm³/mol. The van der Waals surface area contributed by atoms with Crippen LogP contribution < -0.4 is 10.4 Å². The second-order valence-electron chi connectivity index (χ2n) is 7.24. The Hall–Kier alpha value is -2.29. The summed E-state index contributed by atoms with van der Waals surface area (Å²) >= 11 is 3.92. The van der Waals surface area contributed by atoms with E-state index >= 15 is 0 Å². The number of hydrogen-bond acceptors (Lipinski definition) is 4. The molecule has 1 atom stereocenters. The van der Waals surface area contributed by atoms with Gasteiger partial charge in [-0.25, -0.2) is 4.99 Å². The van der Waals surface area contributed by atoms with Crippen molar-refractivity contribution < 1.29 is 9.90 Å². The Bertz CT molecular complexity index is 1260. The Morgan fingerprint density at radius 2 is 1.83 bits per heavy atom. The third-order valence-electron chi connectivity index (χ3n) is 5.58. The molecular formula is C23H16INO2SSi. The van der Waals surface area contributed by atoms with Gasteiger partial charge in [-0.15, -0.1) is 11.3 Å². The largest absolute Gasteiger partial charge is 0.508 e. The third-order valence-corrected chi connectivity index (χ3v) is 12.0. The summed E-state index contributed by atoms with van der Waals surface area (Å²) in [6.45, 7) is 2.26. The molecule has 6 heteroatoms. The molecule has 0 amide bonds. The van der Waals surface area contributed by atoms with Crippen molar-refractivity contribution in [3.63, 3.8) is 0 Å².